The van der Waals surface area contributed by atoms with Crippen molar-refractivity contribution in [1.82, 2.24) is 4.31 Å². The fourth-order valence-corrected chi connectivity index (χ4v) is 3.69. The average Bonchev–Trinajstić information content (AvgIpc) is 2.70. The topological polar surface area (TPSA) is 141 Å². The van der Waals surface area contributed by atoms with E-state index in [9.17, 15) is 23.4 Å². The molecule has 2 atom stereocenters. The van der Waals surface area contributed by atoms with Crippen molar-refractivity contribution in [1.29, 1.82) is 0 Å². The summed E-state index contributed by atoms with van der Waals surface area (Å²) >= 11 is 0. The molecule has 1 aromatic carbocycles. The highest BCUT2D eigenvalue weighted by Crippen LogP contribution is 2.26. The summed E-state index contributed by atoms with van der Waals surface area (Å²) in [5.41, 5.74) is 5.20. The van der Waals surface area contributed by atoms with Gasteiger partial charge in [-0.2, -0.15) is 4.31 Å². The molecule has 1 aliphatic heterocycles. The SMILES string of the molecule is Nc1ccc(C(=O)O)c(S(=O)(=O)N2C[C@@H](O)[C@@H](O)C2)c1. The molecule has 8 nitrogen and oxygen atoms in total. The standard InChI is InChI=1S/C11H14N2O6S/c12-6-1-2-7(11(16)17)10(3-6)20(18,19)13-4-8(14)9(15)5-13/h1-3,8-9,14-15H,4-5,12H2,(H,16,17)/t8-,9+. The number of nitrogen functional groups attached to an aromatic ring is 1. The van der Waals surface area contributed by atoms with E-state index in [4.69, 9.17) is 10.8 Å². The molecule has 1 heterocycles. The summed E-state index contributed by atoms with van der Waals surface area (Å²) in [6.07, 6.45) is -2.39. The maximum Gasteiger partial charge on any atom is 0.337 e. The zero-order chi connectivity index (χ0) is 15.1. The molecule has 0 saturated carbocycles. The van der Waals surface area contributed by atoms with Gasteiger partial charge in [0.1, 0.15) is 0 Å². The number of nitrogens with zero attached hydrogens (tertiary/aromatic N) is 1. The van der Waals surface area contributed by atoms with Crippen molar-refractivity contribution in [2.24, 2.45) is 0 Å². The highest BCUT2D eigenvalue weighted by Gasteiger charge is 2.39. The minimum Gasteiger partial charge on any atom is -0.478 e. The number of rotatable bonds is 3. The summed E-state index contributed by atoms with van der Waals surface area (Å²) in [7, 11) is -4.15. The maximum atomic E-state index is 12.4. The second-order valence-electron chi connectivity index (χ2n) is 4.52. The summed E-state index contributed by atoms with van der Waals surface area (Å²) in [4.78, 5) is 10.6. The number of anilines is 1. The van der Waals surface area contributed by atoms with Crippen LogP contribution in [0.15, 0.2) is 23.1 Å². The molecule has 1 aliphatic rings. The van der Waals surface area contributed by atoms with Gasteiger partial charge in [-0.25, -0.2) is 13.2 Å². The third-order valence-corrected chi connectivity index (χ3v) is 4.95. The van der Waals surface area contributed by atoms with E-state index in [1.165, 1.54) is 6.07 Å². The Kier molecular flexibility index (Phi) is 3.69. The van der Waals surface area contributed by atoms with Gasteiger partial charge in [-0.05, 0) is 18.2 Å². The van der Waals surface area contributed by atoms with Gasteiger partial charge in [0.15, 0.2) is 0 Å². The molecule has 1 saturated heterocycles. The van der Waals surface area contributed by atoms with Gasteiger partial charge in [0, 0.05) is 18.8 Å². The minimum atomic E-state index is -4.15. The van der Waals surface area contributed by atoms with Crippen molar-refractivity contribution >= 4 is 21.7 Å². The van der Waals surface area contributed by atoms with Gasteiger partial charge >= 0.3 is 5.97 Å². The number of sulfonamides is 1. The third kappa shape index (κ3) is 2.48. The molecular weight excluding hydrogens is 288 g/mol. The normalized spacial score (nSPS) is 23.9. The lowest BCUT2D eigenvalue weighted by molar-refractivity contribution is 0.0572. The monoisotopic (exact) mass is 302 g/mol. The van der Waals surface area contributed by atoms with Gasteiger partial charge in [-0.15, -0.1) is 0 Å². The van der Waals surface area contributed by atoms with Gasteiger partial charge in [0.25, 0.3) is 0 Å². The molecule has 0 radical (unpaired) electrons. The van der Waals surface area contributed by atoms with Gasteiger partial charge in [-0.1, -0.05) is 0 Å². The van der Waals surface area contributed by atoms with Crippen molar-refractivity contribution in [3.05, 3.63) is 23.8 Å². The van der Waals surface area contributed by atoms with Crippen LogP contribution in [0.2, 0.25) is 0 Å². The molecule has 1 aromatic rings. The Labute approximate surface area is 115 Å². The predicted octanol–water partition coefficient (Wildman–Crippen LogP) is -1.31. The van der Waals surface area contributed by atoms with E-state index in [2.05, 4.69) is 0 Å². The number of nitrogens with two attached hydrogens (primary N) is 1. The molecule has 0 aromatic heterocycles. The summed E-state index contributed by atoms with van der Waals surface area (Å²) in [5, 5.41) is 27.9. The number of aliphatic hydroxyl groups excluding tert-OH is 2. The zero-order valence-electron chi connectivity index (χ0n) is 10.3. The molecular formula is C11H14N2O6S. The number of β-amino-alcohol motifs (C(OH)–C–C–N with tert-alkyl or cyclic N) is 2. The van der Waals surface area contributed by atoms with Gasteiger partial charge in [0.2, 0.25) is 10.0 Å². The highest BCUT2D eigenvalue weighted by molar-refractivity contribution is 7.89. The maximum absolute atomic E-state index is 12.4. The molecule has 5 N–H and O–H groups in total. The number of benzene rings is 1. The van der Waals surface area contributed by atoms with Crippen molar-refractivity contribution in [3.63, 3.8) is 0 Å². The first-order valence-corrected chi connectivity index (χ1v) is 7.16. The molecule has 20 heavy (non-hydrogen) atoms. The van der Waals surface area contributed by atoms with Gasteiger partial charge in [-0.3, -0.25) is 0 Å². The number of aliphatic hydroxyl groups is 2. The molecule has 0 aliphatic carbocycles. The Morgan fingerprint density at radius 3 is 2.30 bits per heavy atom. The van der Waals surface area contributed by atoms with Gasteiger partial charge in [0.05, 0.1) is 22.7 Å². The molecule has 1 fully saturated rings. The van der Waals surface area contributed by atoms with E-state index in [1.807, 2.05) is 0 Å². The zero-order valence-corrected chi connectivity index (χ0v) is 11.1. The Bertz CT molecular complexity index is 634. The van der Waals surface area contributed by atoms with Crippen LogP contribution in [0.4, 0.5) is 5.69 Å². The van der Waals surface area contributed by atoms with Crippen molar-refractivity contribution in [2.75, 3.05) is 18.8 Å². The smallest absolute Gasteiger partial charge is 0.337 e. The highest BCUT2D eigenvalue weighted by atomic mass is 32.2. The Balaban J connectivity index is 2.50. The van der Waals surface area contributed by atoms with Crippen LogP contribution >= 0.6 is 0 Å². The van der Waals surface area contributed by atoms with Gasteiger partial charge < -0.3 is 21.1 Å². The Morgan fingerprint density at radius 2 is 1.80 bits per heavy atom. The Hall–Kier alpha value is -1.68. The molecule has 2 rings (SSSR count). The molecule has 0 bridgehead atoms. The molecule has 0 amide bonds. The van der Waals surface area contributed by atoms with E-state index in [-0.39, 0.29) is 18.8 Å². The second kappa shape index (κ2) is 5.02. The van der Waals surface area contributed by atoms with Crippen LogP contribution in [0, 0.1) is 0 Å². The molecule has 0 spiro atoms. The fraction of sp³-hybridized carbons (Fsp3) is 0.364. The minimum absolute atomic E-state index is 0.105. The van der Waals surface area contributed by atoms with Crippen LogP contribution < -0.4 is 5.73 Å². The van der Waals surface area contributed by atoms with Crippen molar-refractivity contribution < 1.29 is 28.5 Å². The number of carboxylic acids is 1. The number of carbonyl (C=O) groups is 1. The lowest BCUT2D eigenvalue weighted by atomic mass is 10.2. The fourth-order valence-electron chi connectivity index (χ4n) is 2.00. The van der Waals surface area contributed by atoms with Crippen LogP contribution in [0.5, 0.6) is 0 Å². The summed E-state index contributed by atoms with van der Waals surface area (Å²) in [6, 6.07) is 3.44. The third-order valence-electron chi connectivity index (χ3n) is 3.08. The van der Waals surface area contributed by atoms with Crippen LogP contribution in [-0.4, -0.2) is 59.3 Å². The van der Waals surface area contributed by atoms with Crippen LogP contribution in [0.3, 0.4) is 0 Å². The average molecular weight is 302 g/mol. The quantitative estimate of drug-likeness (QED) is 0.508. The lowest BCUT2D eigenvalue weighted by Gasteiger charge is -2.17. The summed E-state index contributed by atoms with van der Waals surface area (Å²) < 4.78 is 25.6. The molecule has 0 unspecified atom stereocenters. The second-order valence-corrected chi connectivity index (χ2v) is 6.42. The number of hydrogen-bond acceptors (Lipinski definition) is 6. The first-order valence-electron chi connectivity index (χ1n) is 5.72. The van der Waals surface area contributed by atoms with E-state index < -0.39 is 38.7 Å². The molecule has 110 valence electrons. The first-order chi connectivity index (χ1) is 9.23. The number of hydrogen-bond donors (Lipinski definition) is 4. The number of aromatic carboxylic acids is 1. The number of carboxylic acid groups (broad SMARTS) is 1. The van der Waals surface area contributed by atoms with E-state index in [0.29, 0.717) is 0 Å². The van der Waals surface area contributed by atoms with E-state index >= 15 is 0 Å². The van der Waals surface area contributed by atoms with E-state index in [0.717, 1.165) is 16.4 Å². The predicted molar refractivity (Wildman–Crippen MR) is 68.6 cm³/mol. The summed E-state index contributed by atoms with van der Waals surface area (Å²) in [6.45, 7) is -0.589. The first kappa shape index (κ1) is 14.7. The molecule has 9 heteroatoms. The van der Waals surface area contributed by atoms with Crippen LogP contribution in [0.25, 0.3) is 0 Å². The summed E-state index contributed by atoms with van der Waals surface area (Å²) in [5.74, 6) is -1.40. The van der Waals surface area contributed by atoms with Crippen LogP contribution in [-0.2, 0) is 10.0 Å². The van der Waals surface area contributed by atoms with Crippen LogP contribution in [0.1, 0.15) is 10.4 Å². The van der Waals surface area contributed by atoms with E-state index in [1.54, 1.807) is 0 Å². The van der Waals surface area contributed by atoms with Crippen molar-refractivity contribution in [2.45, 2.75) is 17.1 Å². The Morgan fingerprint density at radius 1 is 1.25 bits per heavy atom. The van der Waals surface area contributed by atoms with Crippen molar-refractivity contribution in [3.8, 4) is 0 Å². The largest absolute Gasteiger partial charge is 0.478 e. The lowest BCUT2D eigenvalue weighted by Crippen LogP contribution is -2.31.